The quantitative estimate of drug-likeness (QED) is 0.759. The van der Waals surface area contributed by atoms with Gasteiger partial charge in [-0.1, -0.05) is 49.4 Å². The summed E-state index contributed by atoms with van der Waals surface area (Å²) in [7, 11) is 0. The van der Waals surface area contributed by atoms with Crippen LogP contribution in [-0.4, -0.2) is 18.0 Å². The molecule has 2 aromatic carbocycles. The zero-order chi connectivity index (χ0) is 13.5. The van der Waals surface area contributed by atoms with E-state index in [4.69, 9.17) is 0 Å². The number of hydrogen-bond donors (Lipinski definition) is 0. The monoisotopic (exact) mass is 257 g/mol. The lowest BCUT2D eigenvalue weighted by Gasteiger charge is -2.20. The third kappa shape index (κ3) is 4.49. The second kappa shape index (κ2) is 7.05. The highest BCUT2D eigenvalue weighted by molar-refractivity contribution is 5.17. The summed E-state index contributed by atoms with van der Waals surface area (Å²) in [5.74, 6) is -0.166. The van der Waals surface area contributed by atoms with Crippen molar-refractivity contribution in [3.8, 4) is 0 Å². The van der Waals surface area contributed by atoms with Crippen molar-refractivity contribution in [3.05, 3.63) is 71.5 Å². The van der Waals surface area contributed by atoms with Gasteiger partial charge in [0.05, 0.1) is 0 Å². The number of rotatable bonds is 6. The van der Waals surface area contributed by atoms with Crippen LogP contribution >= 0.6 is 0 Å². The molecule has 0 N–H and O–H groups in total. The Balaban J connectivity index is 1.87. The van der Waals surface area contributed by atoms with Gasteiger partial charge >= 0.3 is 0 Å². The van der Waals surface area contributed by atoms with E-state index in [0.29, 0.717) is 0 Å². The van der Waals surface area contributed by atoms with E-state index in [-0.39, 0.29) is 5.82 Å². The fraction of sp³-hybridized carbons (Fsp3) is 0.294. The molecule has 0 atom stereocenters. The van der Waals surface area contributed by atoms with E-state index in [1.165, 1.54) is 23.3 Å². The van der Waals surface area contributed by atoms with Crippen LogP contribution in [0.25, 0.3) is 0 Å². The minimum Gasteiger partial charge on any atom is -0.299 e. The molecule has 0 unspecified atom stereocenters. The lowest BCUT2D eigenvalue weighted by atomic mass is 10.1. The van der Waals surface area contributed by atoms with Gasteiger partial charge in [0.2, 0.25) is 0 Å². The van der Waals surface area contributed by atoms with Crippen molar-refractivity contribution in [2.75, 3.05) is 13.1 Å². The highest BCUT2D eigenvalue weighted by Gasteiger charge is 2.04. The first-order valence-corrected chi connectivity index (χ1v) is 6.78. The summed E-state index contributed by atoms with van der Waals surface area (Å²) in [5.41, 5.74) is 2.52. The maximum absolute atomic E-state index is 12.8. The molecule has 0 saturated carbocycles. The first-order chi connectivity index (χ1) is 9.28. The van der Waals surface area contributed by atoms with Gasteiger partial charge in [0.1, 0.15) is 5.82 Å². The smallest absolute Gasteiger partial charge is 0.123 e. The summed E-state index contributed by atoms with van der Waals surface area (Å²) < 4.78 is 12.8. The van der Waals surface area contributed by atoms with Crippen molar-refractivity contribution in [2.45, 2.75) is 19.9 Å². The fourth-order valence-electron chi connectivity index (χ4n) is 2.13. The van der Waals surface area contributed by atoms with Gasteiger partial charge in [-0.3, -0.25) is 4.90 Å². The summed E-state index contributed by atoms with van der Waals surface area (Å²) in [6, 6.07) is 17.3. The number of halogens is 1. The molecule has 0 spiro atoms. The van der Waals surface area contributed by atoms with E-state index >= 15 is 0 Å². The molecule has 1 nitrogen and oxygen atoms in total. The molecule has 0 aliphatic heterocycles. The Bertz CT molecular complexity index is 478. The normalized spacial score (nSPS) is 10.9. The zero-order valence-corrected chi connectivity index (χ0v) is 11.3. The maximum atomic E-state index is 12.8. The molecule has 0 amide bonds. The summed E-state index contributed by atoms with van der Waals surface area (Å²) >= 11 is 0. The molecular formula is C17H20FN. The minimum atomic E-state index is -0.166. The third-order valence-electron chi connectivity index (χ3n) is 3.33. The maximum Gasteiger partial charge on any atom is 0.123 e. The van der Waals surface area contributed by atoms with E-state index < -0.39 is 0 Å². The van der Waals surface area contributed by atoms with Gasteiger partial charge in [0.15, 0.2) is 0 Å². The van der Waals surface area contributed by atoms with Crippen LogP contribution in [0.4, 0.5) is 4.39 Å². The molecule has 0 aliphatic carbocycles. The van der Waals surface area contributed by atoms with Crippen LogP contribution in [0.1, 0.15) is 18.1 Å². The average Bonchev–Trinajstić information content (AvgIpc) is 2.46. The molecule has 2 heteroatoms. The highest BCUT2D eigenvalue weighted by atomic mass is 19.1. The number of benzene rings is 2. The van der Waals surface area contributed by atoms with Crippen molar-refractivity contribution < 1.29 is 4.39 Å². The fourth-order valence-corrected chi connectivity index (χ4v) is 2.13. The standard InChI is InChI=1S/C17H20FN/c1-2-19(14-16-6-4-3-5-7-16)13-12-15-8-10-17(18)11-9-15/h3-11H,2,12-14H2,1H3. The molecule has 19 heavy (non-hydrogen) atoms. The van der Waals surface area contributed by atoms with E-state index in [9.17, 15) is 4.39 Å². The lowest BCUT2D eigenvalue weighted by Crippen LogP contribution is -2.25. The predicted molar refractivity (Wildman–Crippen MR) is 77.5 cm³/mol. The number of hydrogen-bond acceptors (Lipinski definition) is 1. The molecule has 0 saturated heterocycles. The summed E-state index contributed by atoms with van der Waals surface area (Å²) in [5, 5.41) is 0. The Morgan fingerprint density at radius 1 is 0.895 bits per heavy atom. The van der Waals surface area contributed by atoms with Crippen molar-refractivity contribution in [2.24, 2.45) is 0 Å². The first-order valence-electron chi connectivity index (χ1n) is 6.78. The van der Waals surface area contributed by atoms with Crippen molar-refractivity contribution >= 4 is 0 Å². The third-order valence-corrected chi connectivity index (χ3v) is 3.33. The van der Waals surface area contributed by atoms with Gasteiger partial charge in [-0.2, -0.15) is 0 Å². The van der Waals surface area contributed by atoms with Gasteiger partial charge in [-0.05, 0) is 36.2 Å². The molecule has 100 valence electrons. The van der Waals surface area contributed by atoms with E-state index in [0.717, 1.165) is 26.1 Å². The summed E-state index contributed by atoms with van der Waals surface area (Å²) in [6.45, 7) is 5.17. The molecule has 0 bridgehead atoms. The zero-order valence-electron chi connectivity index (χ0n) is 11.3. The topological polar surface area (TPSA) is 3.24 Å². The number of nitrogens with zero attached hydrogens (tertiary/aromatic N) is 1. The van der Waals surface area contributed by atoms with Crippen LogP contribution in [0.15, 0.2) is 54.6 Å². The van der Waals surface area contributed by atoms with Gasteiger partial charge in [0.25, 0.3) is 0 Å². The Kier molecular flexibility index (Phi) is 5.10. The van der Waals surface area contributed by atoms with Crippen molar-refractivity contribution in [3.63, 3.8) is 0 Å². The van der Waals surface area contributed by atoms with Crippen LogP contribution in [0.5, 0.6) is 0 Å². The Morgan fingerprint density at radius 3 is 2.21 bits per heavy atom. The molecule has 0 aliphatic rings. The largest absolute Gasteiger partial charge is 0.299 e. The van der Waals surface area contributed by atoms with E-state index in [1.54, 1.807) is 0 Å². The summed E-state index contributed by atoms with van der Waals surface area (Å²) in [6.07, 6.45) is 0.959. The molecule has 0 aromatic heterocycles. The van der Waals surface area contributed by atoms with Crippen molar-refractivity contribution in [1.29, 1.82) is 0 Å². The van der Waals surface area contributed by atoms with Gasteiger partial charge in [0, 0.05) is 13.1 Å². The molecule has 0 fully saturated rings. The summed E-state index contributed by atoms with van der Waals surface area (Å²) in [4.78, 5) is 2.40. The van der Waals surface area contributed by atoms with Crippen LogP contribution < -0.4 is 0 Å². The SMILES string of the molecule is CCN(CCc1ccc(F)cc1)Cc1ccccc1. The van der Waals surface area contributed by atoms with E-state index in [2.05, 4.69) is 36.1 Å². The molecule has 0 radical (unpaired) electrons. The van der Waals surface area contributed by atoms with Gasteiger partial charge < -0.3 is 0 Å². The second-order valence-corrected chi connectivity index (χ2v) is 4.73. The molecule has 2 aromatic rings. The van der Waals surface area contributed by atoms with Gasteiger partial charge in [-0.25, -0.2) is 4.39 Å². The van der Waals surface area contributed by atoms with Crippen LogP contribution in [0.3, 0.4) is 0 Å². The Morgan fingerprint density at radius 2 is 1.58 bits per heavy atom. The number of likely N-dealkylation sites (N-methyl/N-ethyl adjacent to an activating group) is 1. The van der Waals surface area contributed by atoms with E-state index in [1.807, 2.05) is 18.2 Å². The molecular weight excluding hydrogens is 237 g/mol. The minimum absolute atomic E-state index is 0.166. The highest BCUT2D eigenvalue weighted by Crippen LogP contribution is 2.08. The van der Waals surface area contributed by atoms with Crippen LogP contribution in [0.2, 0.25) is 0 Å². The van der Waals surface area contributed by atoms with Gasteiger partial charge in [-0.15, -0.1) is 0 Å². The average molecular weight is 257 g/mol. The Labute approximate surface area is 114 Å². The van der Waals surface area contributed by atoms with Crippen LogP contribution in [0, 0.1) is 5.82 Å². The second-order valence-electron chi connectivity index (χ2n) is 4.73. The lowest BCUT2D eigenvalue weighted by molar-refractivity contribution is 0.283. The first kappa shape index (κ1) is 13.8. The predicted octanol–water partition coefficient (Wildman–Crippen LogP) is 3.89. The van der Waals surface area contributed by atoms with Crippen molar-refractivity contribution in [1.82, 2.24) is 4.90 Å². The van der Waals surface area contributed by atoms with Crippen LogP contribution in [-0.2, 0) is 13.0 Å². The molecule has 2 rings (SSSR count). The Hall–Kier alpha value is -1.67. The molecule has 0 heterocycles.